The van der Waals surface area contributed by atoms with Gasteiger partial charge in [-0.15, -0.1) is 0 Å². The minimum Gasteiger partial charge on any atom is -0.297 e. The summed E-state index contributed by atoms with van der Waals surface area (Å²) in [6.45, 7) is 0.0105. The second-order valence-electron chi connectivity index (χ2n) is 8.76. The Kier molecular flexibility index (Phi) is 3.51. The average Bonchev–Trinajstić information content (AvgIpc) is 2.62. The van der Waals surface area contributed by atoms with Crippen molar-refractivity contribution >= 4 is 22.4 Å². The molecule has 0 unspecified atom stereocenters. The number of nitrogens with zero attached hydrogens (tertiary/aromatic N) is 3. The number of carbonyl (C=O) groups is 1. The first-order chi connectivity index (χ1) is 12.9. The molecule has 1 heterocycles. The highest BCUT2D eigenvalue weighted by atomic mass is 16.6. The highest BCUT2D eigenvalue weighted by Crippen LogP contribution is 2.60. The van der Waals surface area contributed by atoms with Crippen LogP contribution in [0.1, 0.15) is 38.5 Å². The third-order valence-electron chi connectivity index (χ3n) is 6.96. The van der Waals surface area contributed by atoms with Crippen LogP contribution in [0.2, 0.25) is 0 Å². The van der Waals surface area contributed by atoms with Crippen molar-refractivity contribution in [2.24, 2.45) is 23.2 Å². The minimum absolute atomic E-state index is 0.0105. The number of carbonyl (C=O) groups excluding carboxylic acids is 1. The highest BCUT2D eigenvalue weighted by Gasteiger charge is 2.54. The van der Waals surface area contributed by atoms with Gasteiger partial charge in [0.25, 0.3) is 11.2 Å². The van der Waals surface area contributed by atoms with Gasteiger partial charge in [-0.1, -0.05) is 0 Å². The third kappa shape index (κ3) is 2.59. The van der Waals surface area contributed by atoms with Gasteiger partial charge in [0.15, 0.2) is 5.78 Å². The molecule has 140 valence electrons. The summed E-state index contributed by atoms with van der Waals surface area (Å²) in [6.07, 6.45) is 8.04. The van der Waals surface area contributed by atoms with E-state index in [1.165, 1.54) is 48.4 Å². The van der Waals surface area contributed by atoms with Crippen molar-refractivity contribution < 1.29 is 9.72 Å². The molecule has 7 nitrogen and oxygen atoms in total. The lowest BCUT2D eigenvalue weighted by molar-refractivity contribution is -0.384. The Bertz CT molecular complexity index is 990. The molecular formula is C20H21N3O4. The molecule has 1 aromatic carbocycles. The quantitative estimate of drug-likeness (QED) is 0.611. The van der Waals surface area contributed by atoms with Crippen LogP contribution in [0.5, 0.6) is 0 Å². The van der Waals surface area contributed by atoms with E-state index in [0.717, 1.165) is 19.3 Å². The number of hydrogen-bond donors (Lipinski definition) is 0. The fraction of sp³-hybridized carbons (Fsp3) is 0.550. The zero-order valence-electron chi connectivity index (χ0n) is 15.0. The monoisotopic (exact) mass is 367 g/mol. The molecule has 4 aliphatic carbocycles. The van der Waals surface area contributed by atoms with E-state index in [4.69, 9.17) is 0 Å². The first-order valence-electron chi connectivity index (χ1n) is 9.60. The van der Waals surface area contributed by atoms with Crippen molar-refractivity contribution in [2.45, 2.75) is 45.1 Å². The lowest BCUT2D eigenvalue weighted by atomic mass is 9.48. The Morgan fingerprint density at radius 1 is 1.19 bits per heavy atom. The Balaban J connectivity index is 1.48. The van der Waals surface area contributed by atoms with E-state index in [-0.39, 0.29) is 34.4 Å². The van der Waals surface area contributed by atoms with Crippen LogP contribution in [0.4, 0.5) is 5.69 Å². The summed E-state index contributed by atoms with van der Waals surface area (Å²) in [4.78, 5) is 40.7. The molecule has 7 heteroatoms. The summed E-state index contributed by atoms with van der Waals surface area (Å²) in [5.74, 6) is 2.12. The molecule has 6 rings (SSSR count). The highest BCUT2D eigenvalue weighted by molar-refractivity contribution is 5.86. The number of aromatic nitrogens is 2. The standard InChI is InChI=1S/C20H21N3O4/c24-18(20-7-12-3-13(8-20)5-14(4-12)9-20)10-22-11-21-17-2-1-15(23(26)27)6-16(17)19(22)25/h1-2,6,11-14H,3-5,7-10H2. The van der Waals surface area contributed by atoms with Gasteiger partial charge >= 0.3 is 0 Å². The summed E-state index contributed by atoms with van der Waals surface area (Å²) < 4.78 is 1.33. The zero-order valence-corrected chi connectivity index (χ0v) is 15.0. The molecule has 4 saturated carbocycles. The Hall–Kier alpha value is -2.57. The molecule has 4 bridgehead atoms. The molecule has 0 amide bonds. The van der Waals surface area contributed by atoms with E-state index in [1.54, 1.807) is 0 Å². The first kappa shape index (κ1) is 16.6. The smallest absolute Gasteiger partial charge is 0.270 e. The molecule has 0 saturated heterocycles. The fourth-order valence-electron chi connectivity index (χ4n) is 6.15. The molecule has 0 aliphatic heterocycles. The maximum absolute atomic E-state index is 13.2. The average molecular weight is 367 g/mol. The van der Waals surface area contributed by atoms with Crippen LogP contribution >= 0.6 is 0 Å². The normalized spacial score (nSPS) is 31.3. The number of nitro groups is 1. The van der Waals surface area contributed by atoms with E-state index in [2.05, 4.69) is 4.98 Å². The Labute approximate surface area is 155 Å². The topological polar surface area (TPSA) is 95.1 Å². The SMILES string of the molecule is O=C(Cn1cnc2ccc([N+](=O)[O-])cc2c1=O)C12CC3CC(CC(C3)C1)C2. The zero-order chi connectivity index (χ0) is 18.8. The van der Waals surface area contributed by atoms with Crippen molar-refractivity contribution in [1.29, 1.82) is 0 Å². The minimum atomic E-state index is -0.531. The summed E-state index contributed by atoms with van der Waals surface area (Å²) in [6, 6.07) is 4.05. The molecule has 0 radical (unpaired) electrons. The number of benzene rings is 1. The number of fused-ring (bicyclic) bond motifs is 1. The van der Waals surface area contributed by atoms with Crippen LogP contribution in [0.15, 0.2) is 29.3 Å². The van der Waals surface area contributed by atoms with Gasteiger partial charge in [0.1, 0.15) is 0 Å². The molecule has 0 N–H and O–H groups in total. The lowest BCUT2D eigenvalue weighted by Crippen LogP contribution is -2.51. The number of Topliss-reactive ketones (excluding diaryl/α,β-unsaturated/α-hetero) is 1. The molecule has 4 fully saturated rings. The molecule has 27 heavy (non-hydrogen) atoms. The van der Waals surface area contributed by atoms with Gasteiger partial charge in [0.2, 0.25) is 0 Å². The molecule has 4 aliphatic rings. The first-order valence-corrected chi connectivity index (χ1v) is 9.60. The molecular weight excluding hydrogens is 346 g/mol. The maximum atomic E-state index is 13.2. The van der Waals surface area contributed by atoms with Crippen molar-refractivity contribution in [3.63, 3.8) is 0 Å². The maximum Gasteiger partial charge on any atom is 0.270 e. The number of non-ortho nitro benzene ring substituents is 1. The van der Waals surface area contributed by atoms with Gasteiger partial charge in [-0.25, -0.2) is 4.98 Å². The number of hydrogen-bond acceptors (Lipinski definition) is 5. The molecule has 0 atom stereocenters. The van der Waals surface area contributed by atoms with Gasteiger partial charge in [0, 0.05) is 17.5 Å². The van der Waals surface area contributed by atoms with Crippen molar-refractivity contribution in [3.05, 3.63) is 45.0 Å². The Morgan fingerprint density at radius 2 is 1.81 bits per heavy atom. The fourth-order valence-corrected chi connectivity index (χ4v) is 6.15. The lowest BCUT2D eigenvalue weighted by Gasteiger charge is -2.56. The molecule has 1 aromatic heterocycles. The van der Waals surface area contributed by atoms with E-state index in [1.807, 2.05) is 0 Å². The number of ketones is 1. The Morgan fingerprint density at radius 3 is 2.41 bits per heavy atom. The van der Waals surface area contributed by atoms with E-state index in [0.29, 0.717) is 23.3 Å². The summed E-state index contributed by atoms with van der Waals surface area (Å²) in [7, 11) is 0. The van der Waals surface area contributed by atoms with Crippen molar-refractivity contribution in [3.8, 4) is 0 Å². The summed E-state index contributed by atoms with van der Waals surface area (Å²) >= 11 is 0. The van der Waals surface area contributed by atoms with Crippen LogP contribution in [0.25, 0.3) is 10.9 Å². The van der Waals surface area contributed by atoms with Crippen molar-refractivity contribution in [2.75, 3.05) is 0 Å². The second kappa shape index (κ2) is 5.71. The van der Waals surface area contributed by atoms with E-state index < -0.39 is 4.92 Å². The summed E-state index contributed by atoms with van der Waals surface area (Å²) in [5, 5.41) is 11.2. The predicted octanol–water partition coefficient (Wildman–Crippen LogP) is 3.09. The van der Waals surface area contributed by atoms with Crippen LogP contribution < -0.4 is 5.56 Å². The van der Waals surface area contributed by atoms with Crippen LogP contribution in [-0.4, -0.2) is 20.3 Å². The summed E-state index contributed by atoms with van der Waals surface area (Å²) in [5.41, 5.74) is -0.399. The van der Waals surface area contributed by atoms with Crippen LogP contribution in [-0.2, 0) is 11.3 Å². The van der Waals surface area contributed by atoms with Gasteiger partial charge in [0.05, 0.1) is 28.7 Å². The number of nitro benzene ring substituents is 1. The van der Waals surface area contributed by atoms with Crippen LogP contribution in [0.3, 0.4) is 0 Å². The molecule has 0 spiro atoms. The predicted molar refractivity (Wildman–Crippen MR) is 98.3 cm³/mol. The van der Waals surface area contributed by atoms with E-state index >= 15 is 0 Å². The third-order valence-corrected chi connectivity index (χ3v) is 6.96. The molecule has 2 aromatic rings. The van der Waals surface area contributed by atoms with Gasteiger partial charge in [-0.2, -0.15) is 0 Å². The number of rotatable bonds is 4. The van der Waals surface area contributed by atoms with Crippen LogP contribution in [0, 0.1) is 33.3 Å². The van der Waals surface area contributed by atoms with Gasteiger partial charge in [-0.05, 0) is 62.3 Å². The second-order valence-corrected chi connectivity index (χ2v) is 8.76. The van der Waals surface area contributed by atoms with Crippen molar-refractivity contribution in [1.82, 2.24) is 9.55 Å². The van der Waals surface area contributed by atoms with E-state index in [9.17, 15) is 19.7 Å². The van der Waals surface area contributed by atoms with Gasteiger partial charge < -0.3 is 0 Å². The van der Waals surface area contributed by atoms with Gasteiger partial charge in [-0.3, -0.25) is 24.3 Å². The largest absolute Gasteiger partial charge is 0.297 e.